The lowest BCUT2D eigenvalue weighted by molar-refractivity contribution is -0.118. The normalized spacial score (nSPS) is 25.1. The first kappa shape index (κ1) is 8.23. The molecule has 3 heteroatoms. The number of hydrogen-bond donors (Lipinski definition) is 0. The molecule has 1 aromatic carbocycles. The number of halogens is 1. The second-order valence-corrected chi connectivity index (χ2v) is 3.43. The van der Waals surface area contributed by atoms with Crippen molar-refractivity contribution in [3.63, 3.8) is 0 Å². The van der Waals surface area contributed by atoms with Gasteiger partial charge >= 0.3 is 0 Å². The summed E-state index contributed by atoms with van der Waals surface area (Å²) >= 11 is 0. The van der Waals surface area contributed by atoms with Crippen molar-refractivity contribution in [2.45, 2.75) is 18.9 Å². The first-order valence-corrected chi connectivity index (χ1v) is 4.07. The van der Waals surface area contributed by atoms with E-state index in [2.05, 4.69) is 0 Å². The van der Waals surface area contributed by atoms with Gasteiger partial charge in [0.15, 0.2) is 11.9 Å². The van der Waals surface area contributed by atoms with E-state index in [1.54, 1.807) is 19.1 Å². The van der Waals surface area contributed by atoms with Gasteiger partial charge in [0.25, 0.3) is 0 Å². The summed E-state index contributed by atoms with van der Waals surface area (Å²) in [7, 11) is 0. The monoisotopic (exact) mass is 180 g/mol. The van der Waals surface area contributed by atoms with E-state index in [0.29, 0.717) is 24.0 Å². The summed E-state index contributed by atoms with van der Waals surface area (Å²) < 4.78 is 18.5. The van der Waals surface area contributed by atoms with Crippen molar-refractivity contribution in [2.24, 2.45) is 0 Å². The molecule has 0 amide bonds. The van der Waals surface area contributed by atoms with Crippen molar-refractivity contribution in [1.82, 2.24) is 0 Å². The quantitative estimate of drug-likeness (QED) is 0.615. The fourth-order valence-electron chi connectivity index (χ4n) is 1.51. The van der Waals surface area contributed by atoms with Gasteiger partial charge in [0.1, 0.15) is 11.6 Å². The molecule has 0 aromatic heterocycles. The largest absolute Gasteiger partial charge is 0.479 e. The Morgan fingerprint density at radius 2 is 2.38 bits per heavy atom. The van der Waals surface area contributed by atoms with Crippen molar-refractivity contribution in [3.05, 3.63) is 29.6 Å². The number of hydrogen-bond acceptors (Lipinski definition) is 2. The van der Waals surface area contributed by atoms with Crippen LogP contribution in [0.4, 0.5) is 4.39 Å². The van der Waals surface area contributed by atoms with Gasteiger partial charge in [-0.3, -0.25) is 4.79 Å². The number of aldehydes is 1. The van der Waals surface area contributed by atoms with Gasteiger partial charge in [-0.25, -0.2) is 4.39 Å². The zero-order chi connectivity index (χ0) is 9.47. The van der Waals surface area contributed by atoms with Crippen LogP contribution in [0.25, 0.3) is 0 Å². The standard InChI is InChI=1S/C10H9FO2/c1-10(6-12)5-7-8(11)3-2-4-9(7)13-10/h2-4,6H,5H2,1H3. The third-order valence-corrected chi connectivity index (χ3v) is 2.20. The zero-order valence-electron chi connectivity index (χ0n) is 7.21. The highest BCUT2D eigenvalue weighted by Gasteiger charge is 2.35. The molecule has 1 aliphatic rings. The van der Waals surface area contributed by atoms with Crippen LogP contribution in [0.5, 0.6) is 5.75 Å². The maximum absolute atomic E-state index is 13.2. The zero-order valence-corrected chi connectivity index (χ0v) is 7.21. The number of fused-ring (bicyclic) bond motifs is 1. The molecule has 0 spiro atoms. The molecule has 0 N–H and O–H groups in total. The Kier molecular flexibility index (Phi) is 1.62. The van der Waals surface area contributed by atoms with Crippen molar-refractivity contribution >= 4 is 6.29 Å². The molecule has 1 aromatic rings. The van der Waals surface area contributed by atoms with Gasteiger partial charge in [-0.2, -0.15) is 0 Å². The van der Waals surface area contributed by atoms with Gasteiger partial charge in [0, 0.05) is 12.0 Å². The van der Waals surface area contributed by atoms with E-state index in [9.17, 15) is 9.18 Å². The fraction of sp³-hybridized carbons (Fsp3) is 0.300. The lowest BCUT2D eigenvalue weighted by Crippen LogP contribution is -2.31. The molecule has 0 bridgehead atoms. The molecule has 0 aliphatic carbocycles. The molecule has 13 heavy (non-hydrogen) atoms. The lowest BCUT2D eigenvalue weighted by atomic mass is 10.0. The molecule has 68 valence electrons. The Morgan fingerprint density at radius 3 is 3.00 bits per heavy atom. The minimum atomic E-state index is -0.884. The first-order chi connectivity index (χ1) is 6.14. The van der Waals surface area contributed by atoms with Crippen LogP contribution in [-0.2, 0) is 11.2 Å². The Hall–Kier alpha value is -1.38. The van der Waals surface area contributed by atoms with Gasteiger partial charge < -0.3 is 4.74 Å². The van der Waals surface area contributed by atoms with Crippen molar-refractivity contribution in [3.8, 4) is 5.75 Å². The van der Waals surface area contributed by atoms with Crippen LogP contribution < -0.4 is 4.74 Å². The van der Waals surface area contributed by atoms with E-state index in [1.165, 1.54) is 6.07 Å². The number of carbonyl (C=O) groups is 1. The minimum Gasteiger partial charge on any atom is -0.479 e. The Morgan fingerprint density at radius 1 is 1.62 bits per heavy atom. The molecule has 2 nitrogen and oxygen atoms in total. The Balaban J connectivity index is 2.46. The van der Waals surface area contributed by atoms with E-state index >= 15 is 0 Å². The molecule has 0 saturated heterocycles. The minimum absolute atomic E-state index is 0.303. The maximum Gasteiger partial charge on any atom is 0.165 e. The average molecular weight is 180 g/mol. The second kappa shape index (κ2) is 2.55. The van der Waals surface area contributed by atoms with Crippen LogP contribution in [0, 0.1) is 5.82 Å². The maximum atomic E-state index is 13.2. The van der Waals surface area contributed by atoms with E-state index in [0.717, 1.165) is 0 Å². The van der Waals surface area contributed by atoms with Crippen molar-refractivity contribution in [2.75, 3.05) is 0 Å². The summed E-state index contributed by atoms with van der Waals surface area (Å²) in [4.78, 5) is 10.7. The van der Waals surface area contributed by atoms with E-state index in [1.807, 2.05) is 0 Å². The van der Waals surface area contributed by atoms with Gasteiger partial charge in [0.2, 0.25) is 0 Å². The molecule has 0 fully saturated rings. The molecule has 1 heterocycles. The smallest absolute Gasteiger partial charge is 0.165 e. The SMILES string of the molecule is CC1(C=O)Cc2c(F)cccc2O1. The summed E-state index contributed by atoms with van der Waals surface area (Å²) in [6, 6.07) is 4.62. The van der Waals surface area contributed by atoms with Crippen LogP contribution in [-0.4, -0.2) is 11.9 Å². The van der Waals surface area contributed by atoms with Crippen LogP contribution >= 0.6 is 0 Å². The first-order valence-electron chi connectivity index (χ1n) is 4.07. The topological polar surface area (TPSA) is 26.3 Å². The molecule has 0 radical (unpaired) electrons. The van der Waals surface area contributed by atoms with Gasteiger partial charge in [0.05, 0.1) is 0 Å². The number of ether oxygens (including phenoxy) is 1. The molecule has 2 rings (SSSR count). The van der Waals surface area contributed by atoms with Gasteiger partial charge in [-0.1, -0.05) is 6.07 Å². The van der Waals surface area contributed by atoms with E-state index < -0.39 is 5.60 Å². The van der Waals surface area contributed by atoms with Crippen LogP contribution in [0.2, 0.25) is 0 Å². The molecular weight excluding hydrogens is 171 g/mol. The summed E-state index contributed by atoms with van der Waals surface area (Å²) in [5.74, 6) is 0.178. The predicted molar refractivity (Wildman–Crippen MR) is 45.2 cm³/mol. The Bertz CT molecular complexity index is 362. The average Bonchev–Trinajstić information content (AvgIpc) is 2.45. The molecule has 1 unspecified atom stereocenters. The lowest BCUT2D eigenvalue weighted by Gasteiger charge is -2.14. The highest BCUT2D eigenvalue weighted by molar-refractivity contribution is 5.66. The third-order valence-electron chi connectivity index (χ3n) is 2.20. The van der Waals surface area contributed by atoms with Gasteiger partial charge in [-0.15, -0.1) is 0 Å². The predicted octanol–water partition coefficient (Wildman–Crippen LogP) is 1.72. The van der Waals surface area contributed by atoms with Crippen molar-refractivity contribution < 1.29 is 13.9 Å². The molecule has 1 aliphatic heterocycles. The number of carbonyl (C=O) groups excluding carboxylic acids is 1. The summed E-state index contributed by atoms with van der Waals surface area (Å²) in [5, 5.41) is 0. The third kappa shape index (κ3) is 1.20. The number of rotatable bonds is 1. The highest BCUT2D eigenvalue weighted by Crippen LogP contribution is 2.35. The van der Waals surface area contributed by atoms with Crippen LogP contribution in [0.1, 0.15) is 12.5 Å². The molecule has 1 atom stereocenters. The molecular formula is C10H9FO2. The summed E-state index contributed by atoms with van der Waals surface area (Å²) in [6.07, 6.45) is 1.03. The summed E-state index contributed by atoms with van der Waals surface area (Å²) in [6.45, 7) is 1.65. The van der Waals surface area contributed by atoms with E-state index in [4.69, 9.17) is 4.74 Å². The van der Waals surface area contributed by atoms with Crippen LogP contribution in [0.3, 0.4) is 0 Å². The molecule has 0 saturated carbocycles. The fourth-order valence-corrected chi connectivity index (χ4v) is 1.51. The van der Waals surface area contributed by atoms with Gasteiger partial charge in [-0.05, 0) is 19.1 Å². The number of benzene rings is 1. The Labute approximate surface area is 75.3 Å². The second-order valence-electron chi connectivity index (χ2n) is 3.43. The highest BCUT2D eigenvalue weighted by atomic mass is 19.1. The summed E-state index contributed by atoms with van der Waals surface area (Å²) in [5.41, 5.74) is -0.387. The van der Waals surface area contributed by atoms with Crippen molar-refractivity contribution in [1.29, 1.82) is 0 Å². The van der Waals surface area contributed by atoms with E-state index in [-0.39, 0.29) is 5.82 Å². The van der Waals surface area contributed by atoms with Crippen LogP contribution in [0.15, 0.2) is 18.2 Å².